The van der Waals surface area contributed by atoms with Crippen LogP contribution in [0.2, 0.25) is 5.02 Å². The maximum atomic E-state index is 6.40. The summed E-state index contributed by atoms with van der Waals surface area (Å²) < 4.78 is 0. The predicted molar refractivity (Wildman–Crippen MR) is 90.3 cm³/mol. The van der Waals surface area contributed by atoms with Gasteiger partial charge in [-0.1, -0.05) is 18.5 Å². The minimum Gasteiger partial charge on any atom is -0.378 e. The zero-order chi connectivity index (χ0) is 14.8. The normalized spacial score (nSPS) is 11.0. The molecule has 0 saturated carbocycles. The zero-order valence-electron chi connectivity index (χ0n) is 12.0. The van der Waals surface area contributed by atoms with Crippen molar-refractivity contribution in [2.24, 2.45) is 0 Å². The molecule has 21 heavy (non-hydrogen) atoms. The van der Waals surface area contributed by atoms with Crippen LogP contribution in [-0.4, -0.2) is 9.97 Å². The van der Waals surface area contributed by atoms with Gasteiger partial charge in [-0.15, -0.1) is 11.3 Å². The molecular formula is C16H16ClN3S. The number of pyridine rings is 1. The van der Waals surface area contributed by atoms with E-state index < -0.39 is 0 Å². The third-order valence-corrected chi connectivity index (χ3v) is 4.82. The number of hydrogen-bond donors (Lipinski definition) is 1. The summed E-state index contributed by atoms with van der Waals surface area (Å²) >= 11 is 8.14. The number of aromatic nitrogens is 2. The number of hydrogen-bond acceptors (Lipinski definition) is 4. The Morgan fingerprint density at radius 2 is 2.19 bits per heavy atom. The summed E-state index contributed by atoms with van der Waals surface area (Å²) in [4.78, 5) is 10.0. The van der Waals surface area contributed by atoms with Gasteiger partial charge in [0.25, 0.3) is 0 Å². The van der Waals surface area contributed by atoms with E-state index in [1.807, 2.05) is 37.5 Å². The minimum absolute atomic E-state index is 0.727. The number of anilines is 1. The van der Waals surface area contributed by atoms with Crippen LogP contribution in [0.5, 0.6) is 0 Å². The van der Waals surface area contributed by atoms with E-state index >= 15 is 0 Å². The van der Waals surface area contributed by atoms with Crippen LogP contribution in [0.25, 0.3) is 10.9 Å². The van der Waals surface area contributed by atoms with Crippen LogP contribution in [0.1, 0.15) is 22.4 Å². The number of nitrogens with one attached hydrogen (secondary N) is 1. The van der Waals surface area contributed by atoms with E-state index in [0.717, 1.165) is 45.1 Å². The molecule has 0 bridgehead atoms. The monoisotopic (exact) mass is 317 g/mol. The van der Waals surface area contributed by atoms with Gasteiger partial charge < -0.3 is 5.32 Å². The Hall–Kier alpha value is -1.65. The van der Waals surface area contributed by atoms with Crippen LogP contribution in [0.15, 0.2) is 30.6 Å². The molecule has 2 aromatic heterocycles. The van der Waals surface area contributed by atoms with Crippen LogP contribution in [0.3, 0.4) is 0 Å². The molecule has 1 N–H and O–H groups in total. The highest BCUT2D eigenvalue weighted by Crippen LogP contribution is 2.33. The lowest BCUT2D eigenvalue weighted by atomic mass is 10.1. The highest BCUT2D eigenvalue weighted by atomic mass is 35.5. The first-order valence-corrected chi connectivity index (χ1v) is 8.09. The molecule has 0 aliphatic rings. The van der Waals surface area contributed by atoms with E-state index in [-0.39, 0.29) is 0 Å². The van der Waals surface area contributed by atoms with Crippen molar-refractivity contribution < 1.29 is 0 Å². The molecule has 0 amide bonds. The average molecular weight is 318 g/mol. The molecule has 0 aliphatic carbocycles. The molecular weight excluding hydrogens is 302 g/mol. The van der Waals surface area contributed by atoms with Crippen molar-refractivity contribution in [3.63, 3.8) is 0 Å². The third-order valence-electron chi connectivity index (χ3n) is 3.38. The summed E-state index contributed by atoms with van der Waals surface area (Å²) in [6.07, 6.45) is 4.71. The fourth-order valence-electron chi connectivity index (χ4n) is 2.33. The Bertz CT molecular complexity index is 782. The van der Waals surface area contributed by atoms with E-state index in [0.29, 0.717) is 0 Å². The van der Waals surface area contributed by atoms with Crippen molar-refractivity contribution in [1.82, 2.24) is 9.97 Å². The Labute approximate surface area is 133 Å². The number of nitrogens with zero attached hydrogens (tertiary/aromatic N) is 2. The van der Waals surface area contributed by atoms with Crippen LogP contribution in [0.4, 0.5) is 5.69 Å². The van der Waals surface area contributed by atoms with E-state index in [4.69, 9.17) is 11.6 Å². The number of thiazole rings is 1. The van der Waals surface area contributed by atoms with Gasteiger partial charge in [-0.2, -0.15) is 0 Å². The standard InChI is InChI=1S/C16H16ClN3S/c1-3-14-19-8-11(21-14)9-20-16-12-5-4-6-18-15(12)10(2)7-13(16)17/h4-8,20H,3,9H2,1-2H3. The molecule has 0 aliphatic heterocycles. The zero-order valence-corrected chi connectivity index (χ0v) is 13.6. The molecule has 0 atom stereocenters. The molecule has 1 aromatic carbocycles. The lowest BCUT2D eigenvalue weighted by molar-refractivity contribution is 1.09. The summed E-state index contributed by atoms with van der Waals surface area (Å²) in [5, 5.41) is 6.38. The maximum Gasteiger partial charge on any atom is 0.0925 e. The Morgan fingerprint density at radius 1 is 1.33 bits per heavy atom. The molecule has 3 aromatic rings. The van der Waals surface area contributed by atoms with Gasteiger partial charge in [-0.05, 0) is 37.1 Å². The van der Waals surface area contributed by atoms with Crippen molar-refractivity contribution in [2.45, 2.75) is 26.8 Å². The SMILES string of the molecule is CCc1ncc(CNc2c(Cl)cc(C)c3ncccc23)s1. The first kappa shape index (κ1) is 14.3. The average Bonchev–Trinajstić information content (AvgIpc) is 2.95. The van der Waals surface area contributed by atoms with Crippen molar-refractivity contribution >= 4 is 39.5 Å². The lowest BCUT2D eigenvalue weighted by Crippen LogP contribution is -2.00. The van der Waals surface area contributed by atoms with E-state index in [9.17, 15) is 0 Å². The number of benzene rings is 1. The fourth-order valence-corrected chi connectivity index (χ4v) is 3.46. The molecule has 0 fully saturated rings. The number of aryl methyl sites for hydroxylation is 2. The number of halogens is 1. The van der Waals surface area contributed by atoms with Crippen LogP contribution in [0, 0.1) is 6.92 Å². The molecule has 0 spiro atoms. The second kappa shape index (κ2) is 6.00. The van der Waals surface area contributed by atoms with Crippen LogP contribution >= 0.6 is 22.9 Å². The Morgan fingerprint density at radius 3 is 2.95 bits per heavy atom. The Balaban J connectivity index is 1.93. The molecule has 0 radical (unpaired) electrons. The number of rotatable bonds is 4. The van der Waals surface area contributed by atoms with E-state index in [2.05, 4.69) is 22.2 Å². The molecule has 0 unspecified atom stereocenters. The molecule has 5 heteroatoms. The smallest absolute Gasteiger partial charge is 0.0925 e. The molecule has 0 saturated heterocycles. The second-order valence-corrected chi connectivity index (χ2v) is 6.48. The summed E-state index contributed by atoms with van der Waals surface area (Å²) in [5.41, 5.74) is 3.02. The summed E-state index contributed by atoms with van der Waals surface area (Å²) in [7, 11) is 0. The molecule has 108 valence electrons. The van der Waals surface area contributed by atoms with Gasteiger partial charge in [0, 0.05) is 22.7 Å². The van der Waals surface area contributed by atoms with Crippen LogP contribution in [-0.2, 0) is 13.0 Å². The highest BCUT2D eigenvalue weighted by Gasteiger charge is 2.10. The second-order valence-electron chi connectivity index (χ2n) is 4.88. The predicted octanol–water partition coefficient (Wildman–Crippen LogP) is 4.83. The van der Waals surface area contributed by atoms with Crippen LogP contribution < -0.4 is 5.32 Å². The first-order chi connectivity index (χ1) is 10.2. The first-order valence-electron chi connectivity index (χ1n) is 6.90. The van der Waals surface area contributed by atoms with Crippen molar-refractivity contribution in [1.29, 1.82) is 0 Å². The lowest BCUT2D eigenvalue weighted by Gasteiger charge is -2.12. The Kier molecular flexibility index (Phi) is 4.08. The van der Waals surface area contributed by atoms with Crippen molar-refractivity contribution in [2.75, 3.05) is 5.32 Å². The number of fused-ring (bicyclic) bond motifs is 1. The van der Waals surface area contributed by atoms with E-state index in [1.54, 1.807) is 11.3 Å². The summed E-state index contributed by atoms with van der Waals surface area (Å²) in [5.74, 6) is 0. The summed E-state index contributed by atoms with van der Waals surface area (Å²) in [6, 6.07) is 5.95. The van der Waals surface area contributed by atoms with E-state index in [1.165, 1.54) is 4.88 Å². The quantitative estimate of drug-likeness (QED) is 0.749. The van der Waals surface area contributed by atoms with Gasteiger partial charge in [-0.25, -0.2) is 4.98 Å². The minimum atomic E-state index is 0.727. The largest absolute Gasteiger partial charge is 0.378 e. The van der Waals surface area contributed by atoms with Gasteiger partial charge in [0.15, 0.2) is 0 Å². The third kappa shape index (κ3) is 2.87. The van der Waals surface area contributed by atoms with Gasteiger partial charge >= 0.3 is 0 Å². The van der Waals surface area contributed by atoms with Gasteiger partial charge in [-0.3, -0.25) is 4.98 Å². The summed E-state index contributed by atoms with van der Waals surface area (Å²) in [6.45, 7) is 4.87. The van der Waals surface area contributed by atoms with Crippen molar-refractivity contribution in [3.8, 4) is 0 Å². The highest BCUT2D eigenvalue weighted by molar-refractivity contribution is 7.11. The molecule has 3 rings (SSSR count). The van der Waals surface area contributed by atoms with Gasteiger partial charge in [0.1, 0.15) is 0 Å². The topological polar surface area (TPSA) is 37.8 Å². The molecule has 2 heterocycles. The van der Waals surface area contributed by atoms with Gasteiger partial charge in [0.2, 0.25) is 0 Å². The molecule has 3 nitrogen and oxygen atoms in total. The fraction of sp³-hybridized carbons (Fsp3) is 0.250. The van der Waals surface area contributed by atoms with Gasteiger partial charge in [0.05, 0.1) is 27.8 Å². The maximum absolute atomic E-state index is 6.40. The van der Waals surface area contributed by atoms with Crippen molar-refractivity contribution in [3.05, 3.63) is 51.1 Å².